The fraction of sp³-hybridized carbons (Fsp3) is 0.438. The molecule has 0 aliphatic heterocycles. The molecule has 2 rings (SSSR count). The van der Waals surface area contributed by atoms with E-state index in [4.69, 9.17) is 9.84 Å². The van der Waals surface area contributed by atoms with Gasteiger partial charge >= 0.3 is 5.97 Å². The molecule has 0 fully saturated rings. The van der Waals surface area contributed by atoms with Gasteiger partial charge in [-0.05, 0) is 18.2 Å². The second-order valence-corrected chi connectivity index (χ2v) is 7.21. The van der Waals surface area contributed by atoms with Crippen LogP contribution in [0.25, 0.3) is 0 Å². The predicted molar refractivity (Wildman–Crippen MR) is 89.3 cm³/mol. The van der Waals surface area contributed by atoms with Crippen molar-refractivity contribution < 1.29 is 14.6 Å². The summed E-state index contributed by atoms with van der Waals surface area (Å²) >= 11 is 1.56. The third-order valence-corrected chi connectivity index (χ3v) is 4.15. The molecule has 0 spiro atoms. The van der Waals surface area contributed by atoms with Crippen LogP contribution in [0.4, 0.5) is 0 Å². The van der Waals surface area contributed by atoms with Gasteiger partial charge in [-0.2, -0.15) is 0 Å². The zero-order valence-electron chi connectivity index (χ0n) is 13.7. The van der Waals surface area contributed by atoms with E-state index in [0.29, 0.717) is 18.1 Å². The van der Waals surface area contributed by atoms with Crippen LogP contribution in [0.5, 0.6) is 5.75 Å². The van der Waals surface area contributed by atoms with Gasteiger partial charge in [0, 0.05) is 18.2 Å². The maximum absolute atomic E-state index is 10.9. The zero-order chi connectivity index (χ0) is 17.0. The molecule has 0 saturated carbocycles. The maximum atomic E-state index is 10.9. The Hall–Kier alpha value is -2.02. The summed E-state index contributed by atoms with van der Waals surface area (Å²) < 4.78 is 7.59. The fourth-order valence-electron chi connectivity index (χ4n) is 2.11. The number of aromatic carboxylic acids is 1. The number of carbonyl (C=O) groups is 1. The molecule has 1 aromatic carbocycles. The largest absolute Gasteiger partial charge is 0.493 e. The van der Waals surface area contributed by atoms with Crippen LogP contribution in [-0.4, -0.2) is 38.2 Å². The smallest absolute Gasteiger partial charge is 0.335 e. The topological polar surface area (TPSA) is 77.2 Å². The number of nitrogens with zero attached hydrogens (tertiary/aromatic N) is 3. The second-order valence-electron chi connectivity index (χ2n) is 6.15. The number of thioether (sulfide) groups is 1. The number of ether oxygens (including phenoxy) is 1. The maximum Gasteiger partial charge on any atom is 0.335 e. The van der Waals surface area contributed by atoms with Crippen LogP contribution in [0.3, 0.4) is 0 Å². The molecule has 1 heterocycles. The van der Waals surface area contributed by atoms with Gasteiger partial charge in [0.1, 0.15) is 11.6 Å². The van der Waals surface area contributed by atoms with Gasteiger partial charge in [0.2, 0.25) is 0 Å². The molecule has 23 heavy (non-hydrogen) atoms. The Bertz CT molecular complexity index is 692. The van der Waals surface area contributed by atoms with Crippen LogP contribution >= 0.6 is 11.8 Å². The van der Waals surface area contributed by atoms with Gasteiger partial charge in [-0.15, -0.1) is 10.2 Å². The lowest BCUT2D eigenvalue weighted by atomic mass is 9.96. The van der Waals surface area contributed by atoms with E-state index in [-0.39, 0.29) is 11.0 Å². The van der Waals surface area contributed by atoms with Gasteiger partial charge in [0.25, 0.3) is 0 Å². The number of rotatable bonds is 6. The highest BCUT2D eigenvalue weighted by Gasteiger charge is 2.21. The van der Waals surface area contributed by atoms with E-state index in [0.717, 1.165) is 11.0 Å². The van der Waals surface area contributed by atoms with Crippen molar-refractivity contribution in [2.45, 2.75) is 31.3 Å². The second kappa shape index (κ2) is 7.04. The number of carboxylic acids is 1. The molecule has 0 aliphatic rings. The van der Waals surface area contributed by atoms with Crippen LogP contribution in [-0.2, 0) is 12.5 Å². The van der Waals surface area contributed by atoms with Crippen molar-refractivity contribution in [1.29, 1.82) is 0 Å². The molecule has 0 amide bonds. The summed E-state index contributed by atoms with van der Waals surface area (Å²) in [4.78, 5) is 10.9. The minimum absolute atomic E-state index is 0.0473. The quantitative estimate of drug-likeness (QED) is 0.646. The Morgan fingerprint density at radius 2 is 2.09 bits per heavy atom. The standard InChI is InChI=1S/C16H21N3O3S/c1-16(2,3)14-17-18-15(19(14)4)23-9-8-22-12-7-5-6-11(10-12)13(20)21/h5-7,10H,8-9H2,1-4H3,(H,20,21). The lowest BCUT2D eigenvalue weighted by Crippen LogP contribution is -2.17. The normalized spacial score (nSPS) is 11.5. The van der Waals surface area contributed by atoms with Gasteiger partial charge in [-0.3, -0.25) is 0 Å². The summed E-state index contributed by atoms with van der Waals surface area (Å²) in [5.41, 5.74) is 0.173. The molecule has 0 unspecified atom stereocenters. The minimum atomic E-state index is -0.960. The summed E-state index contributed by atoms with van der Waals surface area (Å²) in [6.45, 7) is 6.77. The van der Waals surface area contributed by atoms with Crippen LogP contribution in [0.1, 0.15) is 37.0 Å². The fourth-order valence-corrected chi connectivity index (χ4v) is 2.83. The Kier molecular flexibility index (Phi) is 5.30. The van der Waals surface area contributed by atoms with E-state index < -0.39 is 5.97 Å². The Morgan fingerprint density at radius 3 is 2.70 bits per heavy atom. The molecule has 1 N–H and O–H groups in total. The predicted octanol–water partition coefficient (Wildman–Crippen LogP) is 2.98. The van der Waals surface area contributed by atoms with Crippen molar-refractivity contribution >= 4 is 17.7 Å². The molecule has 6 nitrogen and oxygen atoms in total. The molecule has 0 atom stereocenters. The Labute approximate surface area is 139 Å². The molecule has 0 bridgehead atoms. The summed E-state index contributed by atoms with van der Waals surface area (Å²) in [7, 11) is 1.96. The van der Waals surface area contributed by atoms with Gasteiger partial charge in [-0.25, -0.2) is 4.79 Å². The molecular formula is C16H21N3O3S. The summed E-state index contributed by atoms with van der Waals surface area (Å²) in [6.07, 6.45) is 0. The summed E-state index contributed by atoms with van der Waals surface area (Å²) in [5.74, 6) is 1.24. The van der Waals surface area contributed by atoms with Crippen molar-refractivity contribution in [3.63, 3.8) is 0 Å². The van der Waals surface area contributed by atoms with E-state index >= 15 is 0 Å². The SMILES string of the molecule is Cn1c(SCCOc2cccc(C(=O)O)c2)nnc1C(C)(C)C. The van der Waals surface area contributed by atoms with Gasteiger partial charge in [0.05, 0.1) is 12.2 Å². The van der Waals surface area contributed by atoms with Crippen molar-refractivity contribution in [3.8, 4) is 5.75 Å². The first-order valence-electron chi connectivity index (χ1n) is 7.28. The first-order valence-corrected chi connectivity index (χ1v) is 8.26. The highest BCUT2D eigenvalue weighted by molar-refractivity contribution is 7.99. The number of carboxylic acid groups (broad SMARTS) is 1. The Balaban J connectivity index is 1.88. The van der Waals surface area contributed by atoms with Crippen LogP contribution in [0.2, 0.25) is 0 Å². The van der Waals surface area contributed by atoms with E-state index in [1.807, 2.05) is 11.6 Å². The molecular weight excluding hydrogens is 314 g/mol. The van der Waals surface area contributed by atoms with Crippen molar-refractivity contribution in [3.05, 3.63) is 35.7 Å². The number of benzene rings is 1. The van der Waals surface area contributed by atoms with E-state index in [1.165, 1.54) is 12.1 Å². The van der Waals surface area contributed by atoms with Crippen LogP contribution < -0.4 is 4.74 Å². The van der Waals surface area contributed by atoms with Crippen molar-refractivity contribution in [1.82, 2.24) is 14.8 Å². The lowest BCUT2D eigenvalue weighted by molar-refractivity contribution is 0.0696. The van der Waals surface area contributed by atoms with Crippen molar-refractivity contribution in [2.24, 2.45) is 7.05 Å². The first kappa shape index (κ1) is 17.3. The number of hydrogen-bond acceptors (Lipinski definition) is 5. The van der Waals surface area contributed by atoms with Gasteiger partial charge < -0.3 is 14.4 Å². The molecule has 124 valence electrons. The first-order chi connectivity index (χ1) is 10.8. The van der Waals surface area contributed by atoms with Crippen LogP contribution in [0, 0.1) is 0 Å². The van der Waals surface area contributed by atoms with Crippen LogP contribution in [0.15, 0.2) is 29.4 Å². The minimum Gasteiger partial charge on any atom is -0.493 e. The average molecular weight is 335 g/mol. The lowest BCUT2D eigenvalue weighted by Gasteiger charge is -2.16. The molecule has 0 radical (unpaired) electrons. The van der Waals surface area contributed by atoms with Gasteiger partial charge in [0.15, 0.2) is 5.16 Å². The number of aromatic nitrogens is 3. The Morgan fingerprint density at radius 1 is 1.35 bits per heavy atom. The summed E-state index contributed by atoms with van der Waals surface area (Å²) in [6, 6.07) is 6.48. The monoisotopic (exact) mass is 335 g/mol. The number of hydrogen-bond donors (Lipinski definition) is 1. The third kappa shape index (κ3) is 4.48. The molecule has 1 aromatic heterocycles. The summed E-state index contributed by atoms with van der Waals surface area (Å²) in [5, 5.41) is 18.2. The highest BCUT2D eigenvalue weighted by Crippen LogP contribution is 2.24. The molecule has 0 saturated heterocycles. The average Bonchev–Trinajstić information content (AvgIpc) is 2.85. The molecule has 0 aliphatic carbocycles. The van der Waals surface area contributed by atoms with Gasteiger partial charge in [-0.1, -0.05) is 38.6 Å². The third-order valence-electron chi connectivity index (χ3n) is 3.17. The molecule has 2 aromatic rings. The van der Waals surface area contributed by atoms with E-state index in [2.05, 4.69) is 31.0 Å². The molecule has 7 heteroatoms. The van der Waals surface area contributed by atoms with E-state index in [1.54, 1.807) is 23.9 Å². The van der Waals surface area contributed by atoms with E-state index in [9.17, 15) is 4.79 Å². The van der Waals surface area contributed by atoms with Crippen molar-refractivity contribution in [2.75, 3.05) is 12.4 Å². The zero-order valence-corrected chi connectivity index (χ0v) is 14.6. The highest BCUT2D eigenvalue weighted by atomic mass is 32.2.